The highest BCUT2D eigenvalue weighted by Crippen LogP contribution is 2.34. The van der Waals surface area contributed by atoms with Gasteiger partial charge in [0.1, 0.15) is 5.75 Å². The molecule has 1 aromatic rings. The Morgan fingerprint density at radius 2 is 2.00 bits per heavy atom. The van der Waals surface area contributed by atoms with Gasteiger partial charge in [-0.15, -0.1) is 0 Å². The van der Waals surface area contributed by atoms with E-state index < -0.39 is 0 Å². The van der Waals surface area contributed by atoms with Gasteiger partial charge >= 0.3 is 0 Å². The van der Waals surface area contributed by atoms with E-state index >= 15 is 0 Å². The van der Waals surface area contributed by atoms with Crippen molar-refractivity contribution in [2.75, 3.05) is 11.5 Å². The summed E-state index contributed by atoms with van der Waals surface area (Å²) < 4.78 is 0. The molecule has 0 aliphatic carbocycles. The summed E-state index contributed by atoms with van der Waals surface area (Å²) in [6.07, 6.45) is 0.720. The van der Waals surface area contributed by atoms with Crippen molar-refractivity contribution in [1.82, 2.24) is 0 Å². The van der Waals surface area contributed by atoms with Crippen molar-refractivity contribution in [2.45, 2.75) is 12.5 Å². The molecule has 1 aliphatic rings. The molecule has 0 amide bonds. The van der Waals surface area contributed by atoms with E-state index in [1.165, 1.54) is 0 Å². The third-order valence-corrected chi connectivity index (χ3v) is 3.83. The van der Waals surface area contributed by atoms with E-state index in [9.17, 15) is 5.11 Å². The van der Waals surface area contributed by atoms with Crippen LogP contribution >= 0.6 is 11.8 Å². The van der Waals surface area contributed by atoms with E-state index in [1.807, 2.05) is 11.8 Å². The maximum atomic E-state index is 10.0. The first kappa shape index (κ1) is 9.87. The fraction of sp³-hybridized carbons (Fsp3) is 0.455. The first-order valence-electron chi connectivity index (χ1n) is 4.82. The fourth-order valence-electron chi connectivity index (χ4n) is 1.75. The molecule has 1 heterocycles. The number of aliphatic hydroxyl groups is 1. The lowest BCUT2D eigenvalue weighted by atomic mass is 9.95. The van der Waals surface area contributed by atoms with Crippen LogP contribution in [0, 0.1) is 5.92 Å². The summed E-state index contributed by atoms with van der Waals surface area (Å²) in [5.41, 5.74) is 0.912. The van der Waals surface area contributed by atoms with Crippen molar-refractivity contribution in [1.29, 1.82) is 0 Å². The van der Waals surface area contributed by atoms with Crippen LogP contribution in [-0.4, -0.2) is 21.7 Å². The second-order valence-corrected chi connectivity index (χ2v) is 4.81. The van der Waals surface area contributed by atoms with Crippen molar-refractivity contribution >= 4 is 11.8 Å². The monoisotopic (exact) mass is 210 g/mol. The zero-order valence-corrected chi connectivity index (χ0v) is 8.70. The average molecular weight is 210 g/mol. The molecule has 1 aromatic carbocycles. The minimum absolute atomic E-state index is 0.252. The zero-order chi connectivity index (χ0) is 9.97. The van der Waals surface area contributed by atoms with Crippen LogP contribution in [0.1, 0.15) is 18.1 Å². The molecule has 14 heavy (non-hydrogen) atoms. The number of aromatic hydroxyl groups is 1. The summed E-state index contributed by atoms with van der Waals surface area (Å²) >= 11 is 1.90. The van der Waals surface area contributed by atoms with Crippen LogP contribution in [0.15, 0.2) is 24.3 Å². The van der Waals surface area contributed by atoms with Crippen LogP contribution in [0.25, 0.3) is 0 Å². The van der Waals surface area contributed by atoms with Crippen molar-refractivity contribution < 1.29 is 10.2 Å². The predicted molar refractivity (Wildman–Crippen MR) is 58.5 cm³/mol. The Bertz CT molecular complexity index is 291. The first-order valence-corrected chi connectivity index (χ1v) is 5.97. The van der Waals surface area contributed by atoms with Gasteiger partial charge in [-0.3, -0.25) is 0 Å². The Morgan fingerprint density at radius 1 is 1.29 bits per heavy atom. The molecule has 76 valence electrons. The van der Waals surface area contributed by atoms with Crippen LogP contribution in [-0.2, 0) is 0 Å². The van der Waals surface area contributed by atoms with E-state index in [1.54, 1.807) is 24.3 Å². The van der Waals surface area contributed by atoms with Crippen molar-refractivity contribution in [3.63, 3.8) is 0 Å². The topological polar surface area (TPSA) is 40.5 Å². The molecule has 1 fully saturated rings. The lowest BCUT2D eigenvalue weighted by Crippen LogP contribution is -2.11. The average Bonchev–Trinajstić information content (AvgIpc) is 2.71. The smallest absolute Gasteiger partial charge is 0.115 e. The van der Waals surface area contributed by atoms with Gasteiger partial charge in [-0.25, -0.2) is 0 Å². The van der Waals surface area contributed by atoms with Gasteiger partial charge in [-0.1, -0.05) is 12.1 Å². The number of phenols is 1. The molecule has 0 radical (unpaired) electrons. The van der Waals surface area contributed by atoms with Gasteiger partial charge in [-0.2, -0.15) is 11.8 Å². The SMILES string of the molecule is Oc1ccc(C(O)C2CCSC2)cc1. The molecule has 2 unspecified atom stereocenters. The quantitative estimate of drug-likeness (QED) is 0.786. The summed E-state index contributed by atoms with van der Waals surface area (Å²) in [7, 11) is 0. The van der Waals surface area contributed by atoms with Gasteiger partial charge in [0.15, 0.2) is 0 Å². The van der Waals surface area contributed by atoms with E-state index in [-0.39, 0.29) is 11.9 Å². The molecule has 0 saturated carbocycles. The largest absolute Gasteiger partial charge is 0.508 e. The second-order valence-electron chi connectivity index (χ2n) is 3.66. The Morgan fingerprint density at radius 3 is 2.57 bits per heavy atom. The molecule has 0 bridgehead atoms. The van der Waals surface area contributed by atoms with Crippen LogP contribution in [0.4, 0.5) is 0 Å². The lowest BCUT2D eigenvalue weighted by Gasteiger charge is -2.17. The van der Waals surface area contributed by atoms with Crippen LogP contribution in [0.5, 0.6) is 5.75 Å². The van der Waals surface area contributed by atoms with Crippen molar-refractivity contribution in [3.8, 4) is 5.75 Å². The van der Waals surface area contributed by atoms with Gasteiger partial charge in [0.2, 0.25) is 0 Å². The molecule has 1 aliphatic heterocycles. The van der Waals surface area contributed by atoms with Gasteiger partial charge in [-0.05, 0) is 41.5 Å². The lowest BCUT2D eigenvalue weighted by molar-refractivity contribution is 0.121. The summed E-state index contributed by atoms with van der Waals surface area (Å²) in [5, 5.41) is 19.1. The van der Waals surface area contributed by atoms with E-state index in [2.05, 4.69) is 0 Å². The Kier molecular flexibility index (Phi) is 2.99. The van der Waals surface area contributed by atoms with E-state index in [0.717, 1.165) is 23.5 Å². The highest BCUT2D eigenvalue weighted by Gasteiger charge is 2.24. The molecule has 3 heteroatoms. The molecule has 2 atom stereocenters. The number of thioether (sulfide) groups is 1. The normalized spacial score (nSPS) is 23.6. The van der Waals surface area contributed by atoms with Crippen molar-refractivity contribution in [2.24, 2.45) is 5.92 Å². The standard InChI is InChI=1S/C11H14O2S/c12-10-3-1-8(2-4-10)11(13)9-5-6-14-7-9/h1-4,9,11-13H,5-7H2. The Hall–Kier alpha value is -0.670. The second kappa shape index (κ2) is 4.24. The summed E-state index contributed by atoms with van der Waals surface area (Å²) in [4.78, 5) is 0. The van der Waals surface area contributed by atoms with Crippen LogP contribution in [0.2, 0.25) is 0 Å². The first-order chi connectivity index (χ1) is 6.77. The number of hydrogen-bond acceptors (Lipinski definition) is 3. The van der Waals surface area contributed by atoms with Crippen molar-refractivity contribution in [3.05, 3.63) is 29.8 Å². The number of benzene rings is 1. The predicted octanol–water partition coefficient (Wildman–Crippen LogP) is 2.18. The number of aliphatic hydroxyl groups excluding tert-OH is 1. The molecule has 0 aromatic heterocycles. The highest BCUT2D eigenvalue weighted by molar-refractivity contribution is 7.99. The summed E-state index contributed by atoms with van der Waals surface area (Å²) in [5.74, 6) is 2.83. The summed E-state index contributed by atoms with van der Waals surface area (Å²) in [6, 6.07) is 6.84. The van der Waals surface area contributed by atoms with E-state index in [0.29, 0.717) is 5.92 Å². The molecule has 2 rings (SSSR count). The van der Waals surface area contributed by atoms with E-state index in [4.69, 9.17) is 5.11 Å². The third kappa shape index (κ3) is 2.04. The fourth-order valence-corrected chi connectivity index (χ4v) is 3.03. The van der Waals surface area contributed by atoms with Gasteiger partial charge in [0, 0.05) is 0 Å². The summed E-state index contributed by atoms with van der Waals surface area (Å²) in [6.45, 7) is 0. The third-order valence-electron chi connectivity index (χ3n) is 2.65. The van der Waals surface area contributed by atoms with Gasteiger partial charge in [0.25, 0.3) is 0 Å². The molecule has 2 N–H and O–H groups in total. The van der Waals surface area contributed by atoms with Crippen LogP contribution < -0.4 is 0 Å². The Balaban J connectivity index is 2.09. The molecular weight excluding hydrogens is 196 g/mol. The molecular formula is C11H14O2S. The minimum Gasteiger partial charge on any atom is -0.508 e. The minimum atomic E-state index is -0.370. The number of rotatable bonds is 2. The zero-order valence-electron chi connectivity index (χ0n) is 7.89. The number of phenolic OH excluding ortho intramolecular Hbond substituents is 1. The molecule has 0 spiro atoms. The molecule has 1 saturated heterocycles. The van der Waals surface area contributed by atoms with Gasteiger partial charge < -0.3 is 10.2 Å². The maximum absolute atomic E-state index is 10.0. The molecule has 2 nitrogen and oxygen atoms in total. The van der Waals surface area contributed by atoms with Crippen LogP contribution in [0.3, 0.4) is 0 Å². The maximum Gasteiger partial charge on any atom is 0.115 e. The highest BCUT2D eigenvalue weighted by atomic mass is 32.2. The van der Waals surface area contributed by atoms with Gasteiger partial charge in [0.05, 0.1) is 6.10 Å². The number of hydrogen-bond donors (Lipinski definition) is 2. The Labute approximate surface area is 88.0 Å².